The predicted molar refractivity (Wildman–Crippen MR) is 105 cm³/mol. The van der Waals surface area contributed by atoms with E-state index >= 15 is 0 Å². The summed E-state index contributed by atoms with van der Waals surface area (Å²) in [6.07, 6.45) is 0.155. The molecule has 0 spiro atoms. The molecule has 0 aliphatic carbocycles. The van der Waals surface area contributed by atoms with Gasteiger partial charge in [0.2, 0.25) is 5.91 Å². The van der Waals surface area contributed by atoms with Crippen molar-refractivity contribution in [3.63, 3.8) is 0 Å². The van der Waals surface area contributed by atoms with Gasteiger partial charge in [-0.1, -0.05) is 28.1 Å². The van der Waals surface area contributed by atoms with E-state index in [-0.39, 0.29) is 23.8 Å². The minimum absolute atomic E-state index is 0.155. The monoisotopic (exact) mass is 438 g/mol. The number of benzene rings is 1. The molecule has 2 rings (SSSR count). The van der Waals surface area contributed by atoms with E-state index in [2.05, 4.69) is 21.2 Å². The van der Waals surface area contributed by atoms with Crippen molar-refractivity contribution in [2.45, 2.75) is 13.3 Å². The molecule has 0 bridgehead atoms. The molecule has 0 aliphatic rings. The number of esters is 1. The van der Waals surface area contributed by atoms with Crippen LogP contribution in [0, 0.1) is 6.92 Å². The number of halogens is 1. The Morgan fingerprint density at radius 3 is 2.35 bits per heavy atom. The van der Waals surface area contributed by atoms with Gasteiger partial charge in [-0.05, 0) is 30.2 Å². The fraction of sp³-hybridized carbons (Fsp3) is 0.278. The van der Waals surface area contributed by atoms with Gasteiger partial charge in [-0.3, -0.25) is 9.59 Å². The van der Waals surface area contributed by atoms with Gasteiger partial charge >= 0.3 is 5.97 Å². The molecule has 26 heavy (non-hydrogen) atoms. The molecule has 0 saturated heterocycles. The van der Waals surface area contributed by atoms with Crippen LogP contribution in [0.25, 0.3) is 0 Å². The highest BCUT2D eigenvalue weighted by atomic mass is 79.9. The molecular formula is C18H19BrN2O4S. The molecular weight excluding hydrogens is 420 g/mol. The number of carbonyl (C=O) groups excluding carboxylic acids is 3. The summed E-state index contributed by atoms with van der Waals surface area (Å²) < 4.78 is 5.74. The van der Waals surface area contributed by atoms with Gasteiger partial charge in [0.05, 0.1) is 24.0 Å². The van der Waals surface area contributed by atoms with Gasteiger partial charge in [-0.15, -0.1) is 11.3 Å². The number of hydrogen-bond donors (Lipinski definition) is 1. The first-order chi connectivity index (χ1) is 12.2. The molecule has 0 atom stereocenters. The van der Waals surface area contributed by atoms with E-state index in [9.17, 15) is 14.4 Å². The molecule has 1 heterocycles. The minimum atomic E-state index is -0.588. The summed E-state index contributed by atoms with van der Waals surface area (Å²) in [5, 5.41) is 3.06. The Balaban J connectivity index is 2.30. The number of nitrogens with zero attached hydrogens (tertiary/aromatic N) is 1. The molecule has 138 valence electrons. The minimum Gasteiger partial charge on any atom is -0.465 e. The van der Waals surface area contributed by atoms with E-state index in [0.717, 1.165) is 21.4 Å². The molecule has 0 fully saturated rings. The Kier molecular flexibility index (Phi) is 6.55. The summed E-state index contributed by atoms with van der Waals surface area (Å²) in [6.45, 7) is 1.67. The van der Waals surface area contributed by atoms with Crippen LogP contribution in [0.15, 0.2) is 28.7 Å². The third-order valence-electron chi connectivity index (χ3n) is 3.67. The lowest BCUT2D eigenvalue weighted by Gasteiger charge is -2.08. The Morgan fingerprint density at radius 1 is 1.19 bits per heavy atom. The van der Waals surface area contributed by atoms with Gasteiger partial charge < -0.3 is 15.0 Å². The van der Waals surface area contributed by atoms with Gasteiger partial charge in [0.1, 0.15) is 5.00 Å². The zero-order valence-electron chi connectivity index (χ0n) is 14.9. The average molecular weight is 439 g/mol. The molecule has 0 saturated carbocycles. The number of nitrogens with one attached hydrogen (secondary N) is 1. The second-order valence-electron chi connectivity index (χ2n) is 5.80. The lowest BCUT2D eigenvalue weighted by molar-refractivity contribution is -0.115. The van der Waals surface area contributed by atoms with Gasteiger partial charge in [0.15, 0.2) is 0 Å². The number of methoxy groups -OCH3 is 1. The van der Waals surface area contributed by atoms with Crippen LogP contribution in [0.2, 0.25) is 0 Å². The van der Waals surface area contributed by atoms with E-state index < -0.39 is 5.97 Å². The summed E-state index contributed by atoms with van der Waals surface area (Å²) in [6, 6.07) is 7.38. The fourth-order valence-corrected chi connectivity index (χ4v) is 3.81. The van der Waals surface area contributed by atoms with Crippen molar-refractivity contribution in [2.24, 2.45) is 0 Å². The number of carbonyl (C=O) groups is 3. The van der Waals surface area contributed by atoms with Crippen LogP contribution in [-0.4, -0.2) is 43.9 Å². The van der Waals surface area contributed by atoms with Gasteiger partial charge in [0.25, 0.3) is 5.91 Å². The Hall–Kier alpha value is -2.19. The van der Waals surface area contributed by atoms with E-state index in [1.807, 2.05) is 24.3 Å². The number of amides is 2. The van der Waals surface area contributed by atoms with E-state index in [0.29, 0.717) is 15.4 Å². The zero-order chi connectivity index (χ0) is 19.4. The second kappa shape index (κ2) is 8.46. The normalized spacial score (nSPS) is 10.3. The third kappa shape index (κ3) is 4.50. The molecule has 0 aliphatic heterocycles. The number of rotatable bonds is 5. The highest BCUT2D eigenvalue weighted by molar-refractivity contribution is 9.10. The van der Waals surface area contributed by atoms with Crippen molar-refractivity contribution in [3.05, 3.63) is 50.3 Å². The third-order valence-corrected chi connectivity index (χ3v) is 5.39. The maximum atomic E-state index is 12.4. The Morgan fingerprint density at radius 2 is 1.81 bits per heavy atom. The van der Waals surface area contributed by atoms with Crippen LogP contribution < -0.4 is 5.32 Å². The lowest BCUT2D eigenvalue weighted by Crippen LogP contribution is -2.21. The summed E-state index contributed by atoms with van der Waals surface area (Å²) in [4.78, 5) is 38.7. The predicted octanol–water partition coefficient (Wildman–Crippen LogP) is 3.49. The van der Waals surface area contributed by atoms with Crippen LogP contribution in [-0.2, 0) is 16.0 Å². The Labute approximate surface area is 164 Å². The molecule has 6 nitrogen and oxygen atoms in total. The standard InChI is InChI=1S/C18H19BrN2O4S/c1-10-14(18(24)25-4)16(26-15(10)17(23)21(2)3)20-13(22)9-11-5-7-12(19)8-6-11/h5-8H,9H2,1-4H3,(H,20,22). The number of hydrogen-bond acceptors (Lipinski definition) is 5. The summed E-state index contributed by atoms with van der Waals surface area (Å²) >= 11 is 4.42. The van der Waals surface area contributed by atoms with Gasteiger partial charge in [0, 0.05) is 18.6 Å². The van der Waals surface area contributed by atoms with E-state index in [4.69, 9.17) is 4.74 Å². The first-order valence-electron chi connectivity index (χ1n) is 7.72. The quantitative estimate of drug-likeness (QED) is 0.724. The van der Waals surface area contributed by atoms with Crippen LogP contribution in [0.4, 0.5) is 5.00 Å². The highest BCUT2D eigenvalue weighted by Crippen LogP contribution is 2.34. The molecule has 2 amide bonds. The maximum Gasteiger partial charge on any atom is 0.341 e. The smallest absolute Gasteiger partial charge is 0.341 e. The van der Waals surface area contributed by atoms with Crippen molar-refractivity contribution in [1.82, 2.24) is 4.90 Å². The molecule has 1 aromatic carbocycles. The van der Waals surface area contributed by atoms with Crippen molar-refractivity contribution >= 4 is 50.1 Å². The highest BCUT2D eigenvalue weighted by Gasteiger charge is 2.27. The first kappa shape index (κ1) is 20.1. The van der Waals surface area contributed by atoms with Crippen molar-refractivity contribution < 1.29 is 19.1 Å². The van der Waals surface area contributed by atoms with Crippen molar-refractivity contribution in [3.8, 4) is 0 Å². The van der Waals surface area contributed by atoms with Crippen molar-refractivity contribution in [1.29, 1.82) is 0 Å². The average Bonchev–Trinajstić information content (AvgIpc) is 2.91. The maximum absolute atomic E-state index is 12.4. The fourth-order valence-electron chi connectivity index (χ4n) is 2.31. The first-order valence-corrected chi connectivity index (χ1v) is 9.33. The molecule has 0 unspecified atom stereocenters. The van der Waals surface area contributed by atoms with Gasteiger partial charge in [-0.2, -0.15) is 0 Å². The van der Waals surface area contributed by atoms with E-state index in [1.54, 1.807) is 21.0 Å². The molecule has 1 N–H and O–H groups in total. The number of anilines is 1. The molecule has 8 heteroatoms. The summed E-state index contributed by atoms with van der Waals surface area (Å²) in [5.74, 6) is -1.09. The molecule has 2 aromatic rings. The largest absolute Gasteiger partial charge is 0.465 e. The molecule has 0 radical (unpaired) electrons. The summed E-state index contributed by atoms with van der Waals surface area (Å²) in [7, 11) is 4.52. The number of thiophene rings is 1. The zero-order valence-corrected chi connectivity index (χ0v) is 17.3. The van der Waals surface area contributed by atoms with Crippen LogP contribution in [0.1, 0.15) is 31.2 Å². The Bertz CT molecular complexity index is 844. The van der Waals surface area contributed by atoms with Gasteiger partial charge in [-0.25, -0.2) is 4.79 Å². The molecule has 1 aromatic heterocycles. The van der Waals surface area contributed by atoms with Crippen molar-refractivity contribution in [2.75, 3.05) is 26.5 Å². The van der Waals surface area contributed by atoms with E-state index in [1.165, 1.54) is 12.0 Å². The topological polar surface area (TPSA) is 75.7 Å². The number of ether oxygens (including phenoxy) is 1. The van der Waals surface area contributed by atoms with Crippen LogP contribution in [0.5, 0.6) is 0 Å². The lowest BCUT2D eigenvalue weighted by atomic mass is 10.1. The SMILES string of the molecule is COC(=O)c1c(NC(=O)Cc2ccc(Br)cc2)sc(C(=O)N(C)C)c1C. The van der Waals surface area contributed by atoms with Crippen LogP contribution >= 0.6 is 27.3 Å². The summed E-state index contributed by atoms with van der Waals surface area (Å²) in [5.41, 5.74) is 1.55. The second-order valence-corrected chi connectivity index (χ2v) is 7.74. The van der Waals surface area contributed by atoms with Crippen LogP contribution in [0.3, 0.4) is 0 Å².